The van der Waals surface area contributed by atoms with Crippen LogP contribution in [0.3, 0.4) is 0 Å². The van der Waals surface area contributed by atoms with Crippen molar-refractivity contribution < 1.29 is 0 Å². The lowest BCUT2D eigenvalue weighted by molar-refractivity contribution is 0.416. The van der Waals surface area contributed by atoms with Crippen LogP contribution in [0, 0.1) is 17.2 Å². The number of pyridine rings is 1. The van der Waals surface area contributed by atoms with Crippen LogP contribution in [0.5, 0.6) is 0 Å². The summed E-state index contributed by atoms with van der Waals surface area (Å²) in [5.41, 5.74) is 0.582. The van der Waals surface area contributed by atoms with Crippen molar-refractivity contribution in [2.45, 2.75) is 31.5 Å². The average Bonchev–Trinajstić information content (AvgIpc) is 3.43. The first-order valence-electron chi connectivity index (χ1n) is 9.30. The standard InChI is InChI=1S/C19H20N8/c1-2-13-10-26(16-4-3-12(7-20)8-22-16)11-14(13)19-25-24-17-9-23-18-15(27(17)19)5-6-21-18/h3-6,8-9,13-15,18,21H,2,10-11H2,1H3/t13-,14+,15?,18?/m0/s1. The summed E-state index contributed by atoms with van der Waals surface area (Å²) in [4.78, 5) is 11.3. The summed E-state index contributed by atoms with van der Waals surface area (Å²) in [6.45, 7) is 4.00. The van der Waals surface area contributed by atoms with Crippen LogP contribution in [0.25, 0.3) is 0 Å². The molecule has 0 aliphatic carbocycles. The monoisotopic (exact) mass is 360 g/mol. The van der Waals surface area contributed by atoms with Gasteiger partial charge in [-0.1, -0.05) is 13.3 Å². The van der Waals surface area contributed by atoms with Gasteiger partial charge in [0.05, 0.1) is 17.8 Å². The van der Waals surface area contributed by atoms with Gasteiger partial charge in [-0.15, -0.1) is 10.2 Å². The van der Waals surface area contributed by atoms with E-state index < -0.39 is 0 Å². The molecule has 27 heavy (non-hydrogen) atoms. The highest BCUT2D eigenvalue weighted by Crippen LogP contribution is 2.38. The zero-order chi connectivity index (χ0) is 18.4. The molecule has 136 valence electrons. The Hall–Kier alpha value is -3.21. The molecule has 0 bridgehead atoms. The molecule has 2 unspecified atom stereocenters. The van der Waals surface area contributed by atoms with Gasteiger partial charge in [-0.2, -0.15) is 5.26 Å². The fourth-order valence-electron chi connectivity index (χ4n) is 4.33. The summed E-state index contributed by atoms with van der Waals surface area (Å²) < 4.78 is 2.23. The molecule has 8 nitrogen and oxygen atoms in total. The van der Waals surface area contributed by atoms with Crippen molar-refractivity contribution >= 4 is 12.0 Å². The molecule has 8 heteroatoms. The van der Waals surface area contributed by atoms with Crippen LogP contribution in [0.2, 0.25) is 0 Å². The molecule has 1 fully saturated rings. The Labute approximate surface area is 157 Å². The van der Waals surface area contributed by atoms with Crippen molar-refractivity contribution in [3.63, 3.8) is 0 Å². The van der Waals surface area contributed by atoms with Gasteiger partial charge in [0.15, 0.2) is 5.82 Å². The summed E-state index contributed by atoms with van der Waals surface area (Å²) in [7, 11) is 0. The number of fused-ring (bicyclic) bond motifs is 3. The van der Waals surface area contributed by atoms with E-state index in [1.165, 1.54) is 0 Å². The molecule has 0 saturated carbocycles. The number of anilines is 1. The molecule has 1 N–H and O–H groups in total. The van der Waals surface area contributed by atoms with E-state index in [0.29, 0.717) is 11.5 Å². The number of hydrogen-bond donors (Lipinski definition) is 1. The molecule has 0 amide bonds. The summed E-state index contributed by atoms with van der Waals surface area (Å²) in [6.07, 6.45) is 8.64. The number of nitrogens with zero attached hydrogens (tertiary/aromatic N) is 7. The molecule has 2 aromatic heterocycles. The fourth-order valence-corrected chi connectivity index (χ4v) is 4.33. The van der Waals surface area contributed by atoms with E-state index in [0.717, 1.165) is 37.0 Å². The SMILES string of the molecule is CC[C@H]1CN(c2ccc(C#N)cn2)C[C@H]1c1nnc2n1C1C=CNC1N=C2. The minimum absolute atomic E-state index is 0.0324. The first kappa shape index (κ1) is 16.0. The number of nitrogens with one attached hydrogen (secondary N) is 1. The van der Waals surface area contributed by atoms with E-state index >= 15 is 0 Å². The second-order valence-electron chi connectivity index (χ2n) is 7.22. The van der Waals surface area contributed by atoms with Crippen LogP contribution in [0.4, 0.5) is 5.82 Å². The molecule has 3 aliphatic heterocycles. The zero-order valence-electron chi connectivity index (χ0n) is 15.0. The number of aromatic nitrogens is 4. The van der Waals surface area contributed by atoms with Gasteiger partial charge in [-0.05, 0) is 30.3 Å². The Morgan fingerprint density at radius 1 is 1.30 bits per heavy atom. The summed E-state index contributed by atoms with van der Waals surface area (Å²) in [5, 5.41) is 21.2. The van der Waals surface area contributed by atoms with Gasteiger partial charge in [0.25, 0.3) is 0 Å². The predicted molar refractivity (Wildman–Crippen MR) is 100 cm³/mol. The zero-order valence-corrected chi connectivity index (χ0v) is 15.0. The van der Waals surface area contributed by atoms with E-state index in [1.807, 2.05) is 24.5 Å². The maximum absolute atomic E-state index is 8.99. The second-order valence-corrected chi connectivity index (χ2v) is 7.22. The fraction of sp³-hybridized carbons (Fsp3) is 0.421. The first-order valence-corrected chi connectivity index (χ1v) is 9.30. The molecule has 2 aromatic rings. The van der Waals surface area contributed by atoms with Crippen LogP contribution in [0.1, 0.15) is 42.5 Å². The molecular formula is C19H20N8. The average molecular weight is 360 g/mol. The van der Waals surface area contributed by atoms with Crippen LogP contribution in [0.15, 0.2) is 35.6 Å². The quantitative estimate of drug-likeness (QED) is 0.893. The number of nitriles is 1. The highest BCUT2D eigenvalue weighted by atomic mass is 15.3. The van der Waals surface area contributed by atoms with E-state index in [2.05, 4.69) is 54.0 Å². The maximum Gasteiger partial charge on any atom is 0.175 e. The normalized spacial score (nSPS) is 27.9. The Balaban J connectivity index is 1.47. The second kappa shape index (κ2) is 6.20. The molecule has 3 aliphatic rings. The van der Waals surface area contributed by atoms with Gasteiger partial charge in [-0.3, -0.25) is 9.56 Å². The summed E-state index contributed by atoms with van der Waals surface area (Å²) in [5.74, 6) is 3.53. The Bertz CT molecular complexity index is 951. The number of aliphatic imine (C=N–C) groups is 1. The topological polar surface area (TPSA) is 95.0 Å². The van der Waals surface area contributed by atoms with Gasteiger partial charge in [0.1, 0.15) is 23.9 Å². The van der Waals surface area contributed by atoms with Crippen LogP contribution in [-0.2, 0) is 0 Å². The minimum atomic E-state index is 0.0324. The first-order chi connectivity index (χ1) is 13.3. The molecule has 5 heterocycles. The van der Waals surface area contributed by atoms with Gasteiger partial charge in [-0.25, -0.2) is 4.98 Å². The third kappa shape index (κ3) is 2.50. The molecule has 4 atom stereocenters. The van der Waals surface area contributed by atoms with Crippen molar-refractivity contribution in [2.24, 2.45) is 10.9 Å². The maximum atomic E-state index is 8.99. The van der Waals surface area contributed by atoms with Gasteiger partial charge in [0.2, 0.25) is 0 Å². The van der Waals surface area contributed by atoms with Crippen molar-refractivity contribution in [2.75, 3.05) is 18.0 Å². The Morgan fingerprint density at radius 2 is 2.22 bits per heavy atom. The van der Waals surface area contributed by atoms with Crippen LogP contribution < -0.4 is 10.2 Å². The third-order valence-electron chi connectivity index (χ3n) is 5.78. The highest BCUT2D eigenvalue weighted by Gasteiger charge is 2.40. The lowest BCUT2D eigenvalue weighted by atomic mass is 9.92. The van der Waals surface area contributed by atoms with E-state index in [-0.39, 0.29) is 18.1 Å². The molecule has 0 spiro atoms. The molecular weight excluding hydrogens is 340 g/mol. The Kier molecular flexibility index (Phi) is 3.67. The van der Waals surface area contributed by atoms with E-state index in [9.17, 15) is 0 Å². The largest absolute Gasteiger partial charge is 0.368 e. The minimum Gasteiger partial charge on any atom is -0.368 e. The summed E-state index contributed by atoms with van der Waals surface area (Å²) in [6, 6.07) is 6.01. The van der Waals surface area contributed by atoms with Gasteiger partial charge < -0.3 is 10.2 Å². The lowest BCUT2D eigenvalue weighted by Crippen LogP contribution is -2.33. The third-order valence-corrected chi connectivity index (χ3v) is 5.78. The van der Waals surface area contributed by atoms with Gasteiger partial charge >= 0.3 is 0 Å². The molecule has 1 saturated heterocycles. The number of hydrogen-bond acceptors (Lipinski definition) is 7. The highest BCUT2D eigenvalue weighted by molar-refractivity contribution is 5.76. The van der Waals surface area contributed by atoms with Gasteiger partial charge in [0, 0.05) is 25.2 Å². The smallest absolute Gasteiger partial charge is 0.175 e. The van der Waals surface area contributed by atoms with E-state index in [4.69, 9.17) is 5.26 Å². The molecule has 0 radical (unpaired) electrons. The van der Waals surface area contributed by atoms with Crippen molar-refractivity contribution in [1.82, 2.24) is 25.1 Å². The molecule has 5 rings (SSSR count). The predicted octanol–water partition coefficient (Wildman–Crippen LogP) is 1.59. The van der Waals surface area contributed by atoms with Crippen LogP contribution in [-0.4, -0.2) is 45.2 Å². The summed E-state index contributed by atoms with van der Waals surface area (Å²) >= 11 is 0. The van der Waals surface area contributed by atoms with Crippen molar-refractivity contribution in [3.05, 3.63) is 47.8 Å². The Morgan fingerprint density at radius 3 is 3.00 bits per heavy atom. The van der Waals surface area contributed by atoms with E-state index in [1.54, 1.807) is 6.20 Å². The van der Waals surface area contributed by atoms with Crippen molar-refractivity contribution in [1.29, 1.82) is 5.26 Å². The molecule has 0 aromatic carbocycles. The number of rotatable bonds is 3. The van der Waals surface area contributed by atoms with Crippen molar-refractivity contribution in [3.8, 4) is 6.07 Å². The lowest BCUT2D eigenvalue weighted by Gasteiger charge is -2.26. The van der Waals surface area contributed by atoms with Crippen LogP contribution >= 0.6 is 0 Å².